The summed E-state index contributed by atoms with van der Waals surface area (Å²) in [5.74, 6) is -0.792. The Bertz CT molecular complexity index is 307. The Balaban J connectivity index is 1.89. The van der Waals surface area contributed by atoms with Crippen LogP contribution in [0.5, 0.6) is 0 Å². The molecule has 1 saturated heterocycles. The van der Waals surface area contributed by atoms with Crippen LogP contribution in [0.1, 0.15) is 38.5 Å². The van der Waals surface area contributed by atoms with E-state index in [4.69, 9.17) is 5.11 Å². The number of carboxylic acid groups (broad SMARTS) is 1. The molecular formula is C12H20N2O3. The molecule has 2 aliphatic rings. The van der Waals surface area contributed by atoms with Gasteiger partial charge in [0, 0.05) is 6.54 Å². The van der Waals surface area contributed by atoms with Crippen molar-refractivity contribution in [3.8, 4) is 0 Å². The second-order valence-electron chi connectivity index (χ2n) is 5.24. The number of nitrogens with one attached hydrogen (secondary N) is 2. The third-order valence-corrected chi connectivity index (χ3v) is 3.86. The fourth-order valence-corrected chi connectivity index (χ4v) is 2.68. The molecule has 1 aliphatic carbocycles. The smallest absolute Gasteiger partial charge is 0.305 e. The summed E-state index contributed by atoms with van der Waals surface area (Å²) in [6, 6.07) is 0. The molecule has 1 heterocycles. The maximum absolute atomic E-state index is 12.0. The molecule has 96 valence electrons. The van der Waals surface area contributed by atoms with Gasteiger partial charge in [0.1, 0.15) is 0 Å². The zero-order valence-corrected chi connectivity index (χ0v) is 10.00. The quantitative estimate of drug-likeness (QED) is 0.668. The molecule has 0 aromatic rings. The number of aliphatic carboxylic acids is 1. The molecule has 2 rings (SSSR count). The summed E-state index contributed by atoms with van der Waals surface area (Å²) in [4.78, 5) is 22.8. The van der Waals surface area contributed by atoms with Crippen molar-refractivity contribution in [3.05, 3.63) is 0 Å². The minimum absolute atomic E-state index is 0.00928. The van der Waals surface area contributed by atoms with Crippen LogP contribution >= 0.6 is 0 Å². The highest BCUT2D eigenvalue weighted by molar-refractivity contribution is 5.81. The summed E-state index contributed by atoms with van der Waals surface area (Å²) in [5.41, 5.74) is -0.458. The van der Waals surface area contributed by atoms with E-state index in [9.17, 15) is 9.59 Å². The number of carbonyl (C=O) groups excluding carboxylic acids is 1. The molecule has 1 amide bonds. The molecule has 0 aromatic heterocycles. The lowest BCUT2D eigenvalue weighted by molar-refractivity contribution is -0.140. The Morgan fingerprint density at radius 2 is 2.12 bits per heavy atom. The van der Waals surface area contributed by atoms with Crippen LogP contribution in [0, 0.1) is 5.92 Å². The van der Waals surface area contributed by atoms with Gasteiger partial charge in [-0.1, -0.05) is 0 Å². The van der Waals surface area contributed by atoms with E-state index in [1.165, 1.54) is 0 Å². The van der Waals surface area contributed by atoms with Crippen molar-refractivity contribution in [2.24, 2.45) is 5.92 Å². The summed E-state index contributed by atoms with van der Waals surface area (Å²) in [6.07, 6.45) is 4.58. The number of rotatable bonds is 4. The van der Waals surface area contributed by atoms with Crippen molar-refractivity contribution < 1.29 is 14.7 Å². The van der Waals surface area contributed by atoms with Crippen molar-refractivity contribution in [1.29, 1.82) is 0 Å². The van der Waals surface area contributed by atoms with Gasteiger partial charge >= 0.3 is 5.97 Å². The first-order chi connectivity index (χ1) is 8.11. The van der Waals surface area contributed by atoms with Crippen LogP contribution in [-0.4, -0.2) is 35.6 Å². The van der Waals surface area contributed by atoms with Crippen molar-refractivity contribution in [2.75, 3.05) is 13.1 Å². The van der Waals surface area contributed by atoms with Gasteiger partial charge in [-0.15, -0.1) is 0 Å². The fourth-order valence-electron chi connectivity index (χ4n) is 2.68. The van der Waals surface area contributed by atoms with Gasteiger partial charge < -0.3 is 15.7 Å². The van der Waals surface area contributed by atoms with E-state index in [1.807, 2.05) is 0 Å². The average Bonchev–Trinajstić information content (AvgIpc) is 2.26. The largest absolute Gasteiger partial charge is 0.481 e. The highest BCUT2D eigenvalue weighted by Gasteiger charge is 2.41. The molecule has 0 spiro atoms. The molecule has 0 bridgehead atoms. The van der Waals surface area contributed by atoms with Gasteiger partial charge in [-0.25, -0.2) is 0 Å². The standard InChI is InChI=1S/C12H20N2O3/c15-10(16)7-12(4-2-5-12)14-11(17)9-3-1-6-13-8-9/h9,13H,1-8H2,(H,14,17)(H,15,16)/t9-/m0/s1. The fraction of sp³-hybridized carbons (Fsp3) is 0.833. The van der Waals surface area contributed by atoms with E-state index >= 15 is 0 Å². The summed E-state index contributed by atoms with van der Waals surface area (Å²) in [7, 11) is 0. The molecule has 2 fully saturated rings. The van der Waals surface area contributed by atoms with Crippen molar-refractivity contribution >= 4 is 11.9 Å². The Morgan fingerprint density at radius 3 is 2.59 bits per heavy atom. The van der Waals surface area contributed by atoms with Gasteiger partial charge in [0.2, 0.25) is 5.91 Å². The Labute approximate surface area is 101 Å². The van der Waals surface area contributed by atoms with Crippen LogP contribution in [-0.2, 0) is 9.59 Å². The molecule has 5 heteroatoms. The monoisotopic (exact) mass is 240 g/mol. The molecule has 0 unspecified atom stereocenters. The van der Waals surface area contributed by atoms with Crippen molar-refractivity contribution in [2.45, 2.75) is 44.1 Å². The third kappa shape index (κ3) is 2.97. The molecule has 5 nitrogen and oxygen atoms in total. The van der Waals surface area contributed by atoms with Gasteiger partial charge in [-0.2, -0.15) is 0 Å². The van der Waals surface area contributed by atoms with Crippen LogP contribution in [0.4, 0.5) is 0 Å². The first-order valence-corrected chi connectivity index (χ1v) is 6.36. The number of hydrogen-bond donors (Lipinski definition) is 3. The molecular weight excluding hydrogens is 220 g/mol. The lowest BCUT2D eigenvalue weighted by Crippen LogP contribution is -2.57. The summed E-state index contributed by atoms with van der Waals surface area (Å²) in [5, 5.41) is 15.0. The molecule has 3 N–H and O–H groups in total. The molecule has 17 heavy (non-hydrogen) atoms. The number of carbonyl (C=O) groups is 2. The highest BCUT2D eigenvalue weighted by Crippen LogP contribution is 2.35. The highest BCUT2D eigenvalue weighted by atomic mass is 16.4. The van der Waals surface area contributed by atoms with E-state index < -0.39 is 11.5 Å². The Kier molecular flexibility index (Phi) is 3.66. The van der Waals surface area contributed by atoms with Crippen LogP contribution in [0.15, 0.2) is 0 Å². The Morgan fingerprint density at radius 1 is 1.35 bits per heavy atom. The second kappa shape index (κ2) is 5.04. The normalized spacial score (nSPS) is 26.9. The van der Waals surface area contributed by atoms with Gasteiger partial charge in [-0.05, 0) is 38.6 Å². The van der Waals surface area contributed by atoms with Crippen LogP contribution < -0.4 is 10.6 Å². The first-order valence-electron chi connectivity index (χ1n) is 6.36. The van der Waals surface area contributed by atoms with E-state index in [1.54, 1.807) is 0 Å². The van der Waals surface area contributed by atoms with Crippen LogP contribution in [0.2, 0.25) is 0 Å². The van der Waals surface area contributed by atoms with Crippen molar-refractivity contribution in [3.63, 3.8) is 0 Å². The van der Waals surface area contributed by atoms with Gasteiger partial charge in [0.25, 0.3) is 0 Å². The molecule has 0 radical (unpaired) electrons. The van der Waals surface area contributed by atoms with E-state index in [0.717, 1.165) is 45.2 Å². The van der Waals surface area contributed by atoms with Crippen LogP contribution in [0.25, 0.3) is 0 Å². The maximum Gasteiger partial charge on any atom is 0.305 e. The lowest BCUT2D eigenvalue weighted by atomic mass is 9.74. The summed E-state index contributed by atoms with van der Waals surface area (Å²) < 4.78 is 0. The van der Waals surface area contributed by atoms with Crippen LogP contribution in [0.3, 0.4) is 0 Å². The van der Waals surface area contributed by atoms with E-state index in [0.29, 0.717) is 0 Å². The molecule has 1 saturated carbocycles. The first kappa shape index (κ1) is 12.4. The summed E-state index contributed by atoms with van der Waals surface area (Å²) >= 11 is 0. The zero-order valence-electron chi connectivity index (χ0n) is 10.00. The SMILES string of the molecule is O=C(O)CC1(NC(=O)[C@H]2CCCNC2)CCC1. The minimum atomic E-state index is -0.827. The topological polar surface area (TPSA) is 78.4 Å². The number of amides is 1. The third-order valence-electron chi connectivity index (χ3n) is 3.86. The van der Waals surface area contributed by atoms with E-state index in [2.05, 4.69) is 10.6 Å². The Hall–Kier alpha value is -1.10. The second-order valence-corrected chi connectivity index (χ2v) is 5.24. The van der Waals surface area contributed by atoms with Crippen molar-refractivity contribution in [1.82, 2.24) is 10.6 Å². The van der Waals surface area contributed by atoms with Gasteiger partial charge in [-0.3, -0.25) is 9.59 Å². The average molecular weight is 240 g/mol. The predicted molar refractivity (Wildman–Crippen MR) is 62.6 cm³/mol. The molecule has 1 aliphatic heterocycles. The van der Waals surface area contributed by atoms with Gasteiger partial charge in [0.15, 0.2) is 0 Å². The van der Waals surface area contributed by atoms with E-state index in [-0.39, 0.29) is 18.2 Å². The molecule has 0 aromatic carbocycles. The predicted octanol–water partition coefficient (Wildman–Crippen LogP) is 0.500. The lowest BCUT2D eigenvalue weighted by Gasteiger charge is -2.42. The number of carboxylic acids is 1. The number of piperidine rings is 1. The minimum Gasteiger partial charge on any atom is -0.481 e. The summed E-state index contributed by atoms with van der Waals surface area (Å²) in [6.45, 7) is 1.69. The number of hydrogen-bond acceptors (Lipinski definition) is 3. The molecule has 1 atom stereocenters. The van der Waals surface area contributed by atoms with Gasteiger partial charge in [0.05, 0.1) is 17.9 Å². The zero-order chi connectivity index (χ0) is 12.3. The maximum atomic E-state index is 12.0.